The molecular formula is C23H17ClF3NO3S. The number of alkyl halides is 3. The molecule has 3 aromatic carbocycles. The van der Waals surface area contributed by atoms with E-state index in [0.717, 1.165) is 23.1 Å². The van der Waals surface area contributed by atoms with Gasteiger partial charge in [0.1, 0.15) is 0 Å². The molecule has 0 bridgehead atoms. The molecule has 166 valence electrons. The van der Waals surface area contributed by atoms with Gasteiger partial charge in [0, 0.05) is 10.5 Å². The molecule has 1 N–H and O–H groups in total. The lowest BCUT2D eigenvalue weighted by molar-refractivity contribution is -0.152. The van der Waals surface area contributed by atoms with Crippen LogP contribution in [0.2, 0.25) is 5.02 Å². The molecule has 0 spiro atoms. The standard InChI is InChI=1S/C23H17ClF3NO3S/c24-18-12-11-16(23(25,26)27)13-19(18)28-22(30)21(15-7-3-1-4-8-15)31-20(29)14-32-17-9-5-2-6-10-17/h1-13,21H,14H2,(H,28,30). The van der Waals surface area contributed by atoms with E-state index >= 15 is 0 Å². The first-order chi connectivity index (χ1) is 15.2. The van der Waals surface area contributed by atoms with Gasteiger partial charge >= 0.3 is 12.1 Å². The highest BCUT2D eigenvalue weighted by atomic mass is 35.5. The van der Waals surface area contributed by atoms with Gasteiger partial charge in [-0.3, -0.25) is 9.59 Å². The lowest BCUT2D eigenvalue weighted by Crippen LogP contribution is -2.26. The molecule has 9 heteroatoms. The van der Waals surface area contributed by atoms with Crippen LogP contribution < -0.4 is 5.32 Å². The fourth-order valence-corrected chi connectivity index (χ4v) is 3.59. The lowest BCUT2D eigenvalue weighted by atomic mass is 10.1. The Hall–Kier alpha value is -2.97. The molecule has 0 aliphatic heterocycles. The average molecular weight is 480 g/mol. The third kappa shape index (κ3) is 6.51. The Balaban J connectivity index is 1.77. The van der Waals surface area contributed by atoms with Crippen molar-refractivity contribution in [1.29, 1.82) is 0 Å². The van der Waals surface area contributed by atoms with Crippen LogP contribution >= 0.6 is 23.4 Å². The minimum Gasteiger partial charge on any atom is -0.447 e. The number of halogens is 4. The van der Waals surface area contributed by atoms with Gasteiger partial charge in [-0.25, -0.2) is 0 Å². The average Bonchev–Trinajstić information content (AvgIpc) is 2.78. The predicted octanol–water partition coefficient (Wildman–Crippen LogP) is 6.37. The molecule has 0 aliphatic carbocycles. The second kappa shape index (κ2) is 10.6. The summed E-state index contributed by atoms with van der Waals surface area (Å²) in [6, 6.07) is 19.9. The molecular weight excluding hydrogens is 463 g/mol. The van der Waals surface area contributed by atoms with Crippen molar-refractivity contribution in [3.63, 3.8) is 0 Å². The Kier molecular flexibility index (Phi) is 7.82. The van der Waals surface area contributed by atoms with Gasteiger partial charge in [-0.2, -0.15) is 13.2 Å². The van der Waals surface area contributed by atoms with E-state index in [2.05, 4.69) is 5.32 Å². The molecule has 0 fully saturated rings. The van der Waals surface area contributed by atoms with Gasteiger partial charge in [0.2, 0.25) is 6.10 Å². The van der Waals surface area contributed by atoms with E-state index in [-0.39, 0.29) is 16.5 Å². The highest BCUT2D eigenvalue weighted by molar-refractivity contribution is 8.00. The maximum absolute atomic E-state index is 13.0. The summed E-state index contributed by atoms with van der Waals surface area (Å²) in [4.78, 5) is 26.2. The highest BCUT2D eigenvalue weighted by Gasteiger charge is 2.32. The quantitative estimate of drug-likeness (QED) is 0.316. The fraction of sp³-hybridized carbons (Fsp3) is 0.130. The van der Waals surface area contributed by atoms with Gasteiger partial charge in [0.25, 0.3) is 5.91 Å². The second-order valence-electron chi connectivity index (χ2n) is 6.56. The van der Waals surface area contributed by atoms with Crippen LogP contribution in [-0.4, -0.2) is 17.6 Å². The van der Waals surface area contributed by atoms with Crippen molar-refractivity contribution in [2.45, 2.75) is 17.2 Å². The van der Waals surface area contributed by atoms with Gasteiger partial charge in [-0.15, -0.1) is 11.8 Å². The summed E-state index contributed by atoms with van der Waals surface area (Å²) in [5.74, 6) is -1.53. The first-order valence-electron chi connectivity index (χ1n) is 9.34. The van der Waals surface area contributed by atoms with Gasteiger partial charge in [0.15, 0.2) is 0 Å². The molecule has 0 saturated heterocycles. The van der Waals surface area contributed by atoms with Gasteiger partial charge in [-0.1, -0.05) is 60.1 Å². The number of ether oxygens (including phenoxy) is 1. The molecule has 0 saturated carbocycles. The van der Waals surface area contributed by atoms with Crippen LogP contribution in [0.5, 0.6) is 0 Å². The minimum atomic E-state index is -4.61. The number of thioether (sulfide) groups is 1. The first-order valence-corrected chi connectivity index (χ1v) is 10.7. The largest absolute Gasteiger partial charge is 0.447 e. The van der Waals surface area contributed by atoms with Crippen molar-refractivity contribution in [3.05, 3.63) is 95.0 Å². The maximum Gasteiger partial charge on any atom is 0.416 e. The van der Waals surface area contributed by atoms with E-state index in [1.54, 1.807) is 30.3 Å². The fourth-order valence-electron chi connectivity index (χ4n) is 2.72. The van der Waals surface area contributed by atoms with Crippen molar-refractivity contribution < 1.29 is 27.5 Å². The summed E-state index contributed by atoms with van der Waals surface area (Å²) in [5.41, 5.74) is -0.835. The molecule has 1 unspecified atom stereocenters. The maximum atomic E-state index is 13.0. The highest BCUT2D eigenvalue weighted by Crippen LogP contribution is 2.34. The number of nitrogens with one attached hydrogen (secondary N) is 1. The zero-order valence-electron chi connectivity index (χ0n) is 16.4. The number of amides is 1. The smallest absolute Gasteiger partial charge is 0.416 e. The number of rotatable bonds is 7. The Morgan fingerprint density at radius 1 is 0.969 bits per heavy atom. The lowest BCUT2D eigenvalue weighted by Gasteiger charge is -2.19. The summed E-state index contributed by atoms with van der Waals surface area (Å²) in [5, 5.41) is 2.27. The summed E-state index contributed by atoms with van der Waals surface area (Å²) < 4.78 is 44.5. The van der Waals surface area contributed by atoms with Gasteiger partial charge in [0.05, 0.1) is 22.0 Å². The van der Waals surface area contributed by atoms with Crippen molar-refractivity contribution in [2.75, 3.05) is 11.1 Å². The van der Waals surface area contributed by atoms with Crippen LogP contribution in [0.15, 0.2) is 83.8 Å². The predicted molar refractivity (Wildman–Crippen MR) is 118 cm³/mol. The molecule has 1 amide bonds. The molecule has 3 rings (SSSR count). The van der Waals surface area contributed by atoms with Crippen molar-refractivity contribution in [1.82, 2.24) is 0 Å². The van der Waals surface area contributed by atoms with Crippen molar-refractivity contribution in [2.24, 2.45) is 0 Å². The number of carbonyl (C=O) groups excluding carboxylic acids is 2. The van der Waals surface area contributed by atoms with Gasteiger partial charge in [-0.05, 0) is 30.3 Å². The molecule has 0 aliphatic rings. The summed E-state index contributed by atoms with van der Waals surface area (Å²) >= 11 is 7.21. The molecule has 3 aromatic rings. The zero-order valence-corrected chi connectivity index (χ0v) is 18.0. The Morgan fingerprint density at radius 3 is 2.22 bits per heavy atom. The van der Waals surface area contributed by atoms with E-state index in [4.69, 9.17) is 16.3 Å². The molecule has 32 heavy (non-hydrogen) atoms. The molecule has 0 radical (unpaired) electrons. The SMILES string of the molecule is O=C(CSc1ccccc1)OC(C(=O)Nc1cc(C(F)(F)F)ccc1Cl)c1ccccc1. The monoisotopic (exact) mass is 479 g/mol. The van der Waals surface area contributed by atoms with Crippen molar-refractivity contribution >= 4 is 40.9 Å². The number of esters is 1. The normalized spacial score (nSPS) is 12.1. The number of anilines is 1. The number of carbonyl (C=O) groups is 2. The van der Waals surface area contributed by atoms with E-state index in [9.17, 15) is 22.8 Å². The van der Waals surface area contributed by atoms with Crippen LogP contribution in [0.3, 0.4) is 0 Å². The summed E-state index contributed by atoms with van der Waals surface area (Å²) in [6.45, 7) is 0. The van der Waals surface area contributed by atoms with E-state index in [1.807, 2.05) is 30.3 Å². The van der Waals surface area contributed by atoms with E-state index in [0.29, 0.717) is 5.56 Å². The second-order valence-corrected chi connectivity index (χ2v) is 8.02. The summed E-state index contributed by atoms with van der Waals surface area (Å²) in [6.07, 6.45) is -5.98. The van der Waals surface area contributed by atoms with Crippen LogP contribution in [0.25, 0.3) is 0 Å². The Labute approximate surface area is 191 Å². The molecule has 4 nitrogen and oxygen atoms in total. The van der Waals surface area contributed by atoms with Gasteiger partial charge < -0.3 is 10.1 Å². The van der Waals surface area contributed by atoms with Crippen LogP contribution in [0.4, 0.5) is 18.9 Å². The number of benzene rings is 3. The molecule has 0 aromatic heterocycles. The van der Waals surface area contributed by atoms with Crippen molar-refractivity contribution in [3.8, 4) is 0 Å². The Morgan fingerprint density at radius 2 is 1.59 bits per heavy atom. The van der Waals surface area contributed by atoms with Crippen LogP contribution in [-0.2, 0) is 20.5 Å². The zero-order chi connectivity index (χ0) is 23.1. The number of hydrogen-bond acceptors (Lipinski definition) is 4. The first kappa shape index (κ1) is 23.7. The Bertz CT molecular complexity index is 1080. The van der Waals surface area contributed by atoms with E-state index < -0.39 is 29.7 Å². The van der Waals surface area contributed by atoms with Crippen LogP contribution in [0, 0.1) is 0 Å². The molecule has 1 atom stereocenters. The molecule has 0 heterocycles. The third-order valence-electron chi connectivity index (χ3n) is 4.24. The summed E-state index contributed by atoms with van der Waals surface area (Å²) in [7, 11) is 0. The van der Waals surface area contributed by atoms with E-state index in [1.165, 1.54) is 11.8 Å². The van der Waals surface area contributed by atoms with Crippen LogP contribution in [0.1, 0.15) is 17.2 Å². The third-order valence-corrected chi connectivity index (χ3v) is 5.56. The number of hydrogen-bond donors (Lipinski definition) is 1. The minimum absolute atomic E-state index is 0.0507. The topological polar surface area (TPSA) is 55.4 Å².